The van der Waals surface area contributed by atoms with Crippen LogP contribution in [0, 0.1) is 11.3 Å². The van der Waals surface area contributed by atoms with Gasteiger partial charge in [-0.2, -0.15) is 9.94 Å². The minimum Gasteiger partial charge on any atom is -0.382 e. The van der Waals surface area contributed by atoms with Crippen molar-refractivity contribution in [3.05, 3.63) is 24.2 Å². The summed E-state index contributed by atoms with van der Waals surface area (Å²) in [6.45, 7) is 1.82. The third kappa shape index (κ3) is 1.87. The Labute approximate surface area is 110 Å². The van der Waals surface area contributed by atoms with E-state index in [1.54, 1.807) is 12.3 Å². The van der Waals surface area contributed by atoms with Crippen LogP contribution in [0.25, 0.3) is 5.82 Å². The van der Waals surface area contributed by atoms with Gasteiger partial charge >= 0.3 is 0 Å². The molecule has 2 aromatic rings. The predicted molar refractivity (Wildman–Crippen MR) is 69.7 cm³/mol. The van der Waals surface area contributed by atoms with E-state index in [2.05, 4.69) is 26.0 Å². The molecule has 3 heterocycles. The number of nitrogens with two attached hydrogens (primary N) is 1. The topological polar surface area (TPSA) is 96.6 Å². The van der Waals surface area contributed by atoms with Gasteiger partial charge in [0.25, 0.3) is 0 Å². The Morgan fingerprint density at radius 1 is 1.32 bits per heavy atom. The van der Waals surface area contributed by atoms with Crippen molar-refractivity contribution in [2.24, 2.45) is 0 Å². The van der Waals surface area contributed by atoms with Crippen molar-refractivity contribution in [3.63, 3.8) is 0 Å². The van der Waals surface area contributed by atoms with Crippen molar-refractivity contribution in [3.8, 4) is 11.9 Å². The summed E-state index contributed by atoms with van der Waals surface area (Å²) in [4.78, 5) is 10.1. The number of anilines is 2. The lowest BCUT2D eigenvalue weighted by molar-refractivity contribution is 0.823. The Bertz CT molecular complexity index is 620. The van der Waals surface area contributed by atoms with Gasteiger partial charge in [-0.3, -0.25) is 0 Å². The summed E-state index contributed by atoms with van der Waals surface area (Å²) >= 11 is 0. The third-order valence-corrected chi connectivity index (χ3v) is 3.20. The monoisotopic (exact) mass is 255 g/mol. The number of rotatable bonds is 2. The molecule has 0 radical (unpaired) electrons. The first-order valence-electron chi connectivity index (χ1n) is 6.11. The zero-order valence-corrected chi connectivity index (χ0v) is 10.3. The Morgan fingerprint density at radius 3 is 2.74 bits per heavy atom. The predicted octanol–water partition coefficient (Wildman–Crippen LogP) is 0.716. The van der Waals surface area contributed by atoms with E-state index in [0.29, 0.717) is 23.0 Å². The second-order valence-electron chi connectivity index (χ2n) is 4.37. The number of nitriles is 1. The molecule has 1 fully saturated rings. The summed E-state index contributed by atoms with van der Waals surface area (Å²) < 4.78 is 1.49. The lowest BCUT2D eigenvalue weighted by Gasteiger charge is -2.13. The van der Waals surface area contributed by atoms with Gasteiger partial charge in [0.1, 0.15) is 23.8 Å². The fourth-order valence-electron chi connectivity index (χ4n) is 2.26. The van der Waals surface area contributed by atoms with Crippen LogP contribution in [0.4, 0.5) is 11.6 Å². The van der Waals surface area contributed by atoms with Gasteiger partial charge in [0, 0.05) is 25.4 Å². The Balaban J connectivity index is 2.10. The molecule has 7 nitrogen and oxygen atoms in total. The minimum absolute atomic E-state index is 0.322. The summed E-state index contributed by atoms with van der Waals surface area (Å²) in [6, 6.07) is 3.84. The van der Waals surface area contributed by atoms with Crippen molar-refractivity contribution in [2.75, 3.05) is 23.7 Å². The van der Waals surface area contributed by atoms with E-state index >= 15 is 0 Å². The van der Waals surface area contributed by atoms with Crippen LogP contribution in [0.3, 0.4) is 0 Å². The molecular formula is C12H13N7. The van der Waals surface area contributed by atoms with Gasteiger partial charge < -0.3 is 10.6 Å². The van der Waals surface area contributed by atoms with Crippen molar-refractivity contribution >= 4 is 11.6 Å². The van der Waals surface area contributed by atoms with Crippen molar-refractivity contribution in [2.45, 2.75) is 12.8 Å². The molecule has 96 valence electrons. The highest BCUT2D eigenvalue weighted by molar-refractivity contribution is 5.66. The highest BCUT2D eigenvalue weighted by Gasteiger charge is 2.23. The van der Waals surface area contributed by atoms with Crippen LogP contribution in [0.5, 0.6) is 0 Å². The van der Waals surface area contributed by atoms with Gasteiger partial charge in [-0.15, -0.1) is 5.10 Å². The van der Waals surface area contributed by atoms with Crippen LogP contribution >= 0.6 is 0 Å². The molecule has 2 N–H and O–H groups in total. The van der Waals surface area contributed by atoms with Crippen LogP contribution in [-0.2, 0) is 0 Å². The molecule has 19 heavy (non-hydrogen) atoms. The maximum absolute atomic E-state index is 9.28. The number of nitrogens with zero attached hydrogens (tertiary/aromatic N) is 6. The zero-order chi connectivity index (χ0) is 13.2. The standard InChI is InChI=1S/C12H13N7/c13-7-9-11(14)19(10-3-4-15-8-16-10)17-12(9)18-5-1-2-6-18/h3-4,8H,1-2,5-6,14H2. The maximum atomic E-state index is 9.28. The molecule has 1 aliphatic rings. The quantitative estimate of drug-likeness (QED) is 0.849. The molecule has 0 aliphatic carbocycles. The molecule has 0 spiro atoms. The first kappa shape index (κ1) is 11.5. The van der Waals surface area contributed by atoms with Gasteiger partial charge in [0.05, 0.1) is 0 Å². The van der Waals surface area contributed by atoms with Crippen LogP contribution in [0.2, 0.25) is 0 Å². The second-order valence-corrected chi connectivity index (χ2v) is 4.37. The van der Waals surface area contributed by atoms with Gasteiger partial charge in [-0.05, 0) is 12.8 Å². The van der Waals surface area contributed by atoms with Gasteiger partial charge in [0.15, 0.2) is 11.6 Å². The highest BCUT2D eigenvalue weighted by atomic mass is 15.4. The Hall–Kier alpha value is -2.62. The summed E-state index contributed by atoms with van der Waals surface area (Å²) in [5.41, 5.74) is 6.42. The van der Waals surface area contributed by atoms with E-state index in [0.717, 1.165) is 25.9 Å². The molecule has 0 unspecified atom stereocenters. The molecule has 1 aliphatic heterocycles. The SMILES string of the molecule is N#Cc1c(N2CCCC2)nn(-c2ccncn2)c1N. The summed E-state index contributed by atoms with van der Waals surface area (Å²) in [6.07, 6.45) is 5.28. The average molecular weight is 255 g/mol. The van der Waals surface area contributed by atoms with E-state index in [-0.39, 0.29) is 0 Å². The molecule has 7 heteroatoms. The van der Waals surface area contributed by atoms with Crippen LogP contribution in [-0.4, -0.2) is 32.8 Å². The Morgan fingerprint density at radius 2 is 2.11 bits per heavy atom. The Kier molecular flexibility index (Phi) is 2.76. The number of hydrogen-bond donors (Lipinski definition) is 1. The normalized spacial score (nSPS) is 14.6. The molecular weight excluding hydrogens is 242 g/mol. The zero-order valence-electron chi connectivity index (χ0n) is 10.3. The first-order valence-corrected chi connectivity index (χ1v) is 6.11. The lowest BCUT2D eigenvalue weighted by atomic mass is 10.3. The largest absolute Gasteiger partial charge is 0.382 e. The van der Waals surface area contributed by atoms with Gasteiger partial charge in [-0.1, -0.05) is 0 Å². The van der Waals surface area contributed by atoms with Crippen molar-refractivity contribution < 1.29 is 0 Å². The fraction of sp³-hybridized carbons (Fsp3) is 0.333. The maximum Gasteiger partial charge on any atom is 0.171 e. The van der Waals surface area contributed by atoms with E-state index < -0.39 is 0 Å². The molecule has 1 saturated heterocycles. The number of aromatic nitrogens is 4. The number of nitrogen functional groups attached to an aromatic ring is 1. The minimum atomic E-state index is 0.322. The van der Waals surface area contributed by atoms with Crippen LogP contribution in [0.15, 0.2) is 18.6 Å². The fourth-order valence-corrected chi connectivity index (χ4v) is 2.26. The van der Waals surface area contributed by atoms with Gasteiger partial charge in [-0.25, -0.2) is 9.97 Å². The van der Waals surface area contributed by atoms with E-state index in [1.807, 2.05) is 0 Å². The summed E-state index contributed by atoms with van der Waals surface area (Å²) in [5.74, 6) is 1.54. The van der Waals surface area contributed by atoms with E-state index in [4.69, 9.17) is 5.73 Å². The molecule has 0 amide bonds. The summed E-state index contributed by atoms with van der Waals surface area (Å²) in [7, 11) is 0. The molecule has 3 rings (SSSR count). The first-order chi connectivity index (χ1) is 9.31. The molecule has 0 bridgehead atoms. The highest BCUT2D eigenvalue weighted by Crippen LogP contribution is 2.28. The van der Waals surface area contributed by atoms with Crippen molar-refractivity contribution in [1.82, 2.24) is 19.7 Å². The molecule has 0 saturated carbocycles. The van der Waals surface area contributed by atoms with Crippen LogP contribution in [0.1, 0.15) is 18.4 Å². The molecule has 0 atom stereocenters. The van der Waals surface area contributed by atoms with Crippen molar-refractivity contribution in [1.29, 1.82) is 5.26 Å². The van der Waals surface area contributed by atoms with Crippen LogP contribution < -0.4 is 10.6 Å². The smallest absolute Gasteiger partial charge is 0.171 e. The molecule has 2 aromatic heterocycles. The number of hydrogen-bond acceptors (Lipinski definition) is 6. The third-order valence-electron chi connectivity index (χ3n) is 3.20. The van der Waals surface area contributed by atoms with E-state index in [1.165, 1.54) is 11.0 Å². The molecule has 0 aromatic carbocycles. The van der Waals surface area contributed by atoms with E-state index in [9.17, 15) is 5.26 Å². The second kappa shape index (κ2) is 4.57. The summed E-state index contributed by atoms with van der Waals surface area (Å²) in [5, 5.41) is 13.7. The van der Waals surface area contributed by atoms with Gasteiger partial charge in [0.2, 0.25) is 0 Å². The average Bonchev–Trinajstić information content (AvgIpc) is 3.07. The lowest BCUT2D eigenvalue weighted by Crippen LogP contribution is -2.19.